The molecule has 0 aliphatic heterocycles. The third-order valence-electron chi connectivity index (χ3n) is 3.86. The number of nitrogens with one attached hydrogen (secondary N) is 2. The van der Waals surface area contributed by atoms with Gasteiger partial charge in [0.25, 0.3) is 0 Å². The van der Waals surface area contributed by atoms with Crippen molar-refractivity contribution in [1.82, 2.24) is 25.2 Å². The van der Waals surface area contributed by atoms with E-state index in [0.717, 1.165) is 28.0 Å². The van der Waals surface area contributed by atoms with Crippen molar-refractivity contribution in [2.24, 2.45) is 0 Å². The molecule has 0 unspecified atom stereocenters. The predicted molar refractivity (Wildman–Crippen MR) is 90.2 cm³/mol. The van der Waals surface area contributed by atoms with E-state index in [4.69, 9.17) is 0 Å². The molecule has 0 fully saturated rings. The van der Waals surface area contributed by atoms with Gasteiger partial charge in [-0.3, -0.25) is 5.10 Å². The fraction of sp³-hybridized carbons (Fsp3) is 0.118. The van der Waals surface area contributed by atoms with Crippen LogP contribution in [0.5, 0.6) is 0 Å². The van der Waals surface area contributed by atoms with Gasteiger partial charge in [0.2, 0.25) is 0 Å². The molecule has 0 atom stereocenters. The van der Waals surface area contributed by atoms with Crippen LogP contribution in [0.25, 0.3) is 22.2 Å². The highest BCUT2D eigenvalue weighted by Gasteiger charge is 2.14. The minimum absolute atomic E-state index is 0.679. The molecule has 0 bridgehead atoms. The molecule has 0 aliphatic carbocycles. The number of fused-ring (bicyclic) bond motifs is 1. The van der Waals surface area contributed by atoms with Gasteiger partial charge in [-0.1, -0.05) is 41.6 Å². The summed E-state index contributed by atoms with van der Waals surface area (Å²) in [4.78, 5) is 0. The van der Waals surface area contributed by atoms with Crippen LogP contribution in [0.2, 0.25) is 0 Å². The molecular weight excluding hydrogens is 288 g/mol. The number of nitrogens with zero attached hydrogens (tertiary/aromatic N) is 4. The smallest absolute Gasteiger partial charge is 0.153 e. The Kier molecular flexibility index (Phi) is 3.27. The van der Waals surface area contributed by atoms with E-state index < -0.39 is 0 Å². The van der Waals surface area contributed by atoms with E-state index in [2.05, 4.69) is 44.0 Å². The number of anilines is 1. The van der Waals surface area contributed by atoms with Crippen molar-refractivity contribution in [2.45, 2.75) is 6.54 Å². The molecule has 2 aromatic carbocycles. The van der Waals surface area contributed by atoms with Crippen LogP contribution in [-0.2, 0) is 6.54 Å². The van der Waals surface area contributed by atoms with Crippen molar-refractivity contribution in [3.8, 4) is 11.3 Å². The molecular formula is C17H16N6. The lowest BCUT2D eigenvalue weighted by Crippen LogP contribution is -2.06. The molecule has 0 spiro atoms. The minimum atomic E-state index is 0.679. The van der Waals surface area contributed by atoms with Crippen LogP contribution in [0.3, 0.4) is 0 Å². The fourth-order valence-electron chi connectivity index (χ4n) is 2.71. The molecule has 23 heavy (non-hydrogen) atoms. The van der Waals surface area contributed by atoms with Crippen molar-refractivity contribution in [2.75, 3.05) is 12.4 Å². The van der Waals surface area contributed by atoms with Gasteiger partial charge in [0, 0.05) is 18.0 Å². The fourth-order valence-corrected chi connectivity index (χ4v) is 2.71. The topological polar surface area (TPSA) is 71.4 Å². The molecule has 0 radical (unpaired) electrons. The Morgan fingerprint density at radius 3 is 2.83 bits per heavy atom. The standard InChI is InChI=1S/C17H16N6/c1-18-17-16(13-7-8-15-14(9-13)10-19-20-15)21-22-23(17)11-12-5-3-2-4-6-12/h2-10,18H,11H2,1H3,(H,19,20). The first-order valence-corrected chi connectivity index (χ1v) is 7.44. The van der Waals surface area contributed by atoms with Gasteiger partial charge in [0.15, 0.2) is 5.82 Å². The predicted octanol–water partition coefficient (Wildman–Crippen LogP) is 2.91. The average Bonchev–Trinajstić information content (AvgIpc) is 3.21. The van der Waals surface area contributed by atoms with Crippen LogP contribution >= 0.6 is 0 Å². The van der Waals surface area contributed by atoms with E-state index in [9.17, 15) is 0 Å². The Labute approximate surface area is 133 Å². The lowest BCUT2D eigenvalue weighted by molar-refractivity contribution is 0.656. The highest BCUT2D eigenvalue weighted by molar-refractivity contribution is 5.85. The van der Waals surface area contributed by atoms with Gasteiger partial charge in [-0.25, -0.2) is 4.68 Å². The van der Waals surface area contributed by atoms with Gasteiger partial charge in [-0.15, -0.1) is 5.10 Å². The molecule has 114 valence electrons. The van der Waals surface area contributed by atoms with E-state index in [1.807, 2.05) is 48.3 Å². The monoisotopic (exact) mass is 304 g/mol. The average molecular weight is 304 g/mol. The van der Waals surface area contributed by atoms with E-state index in [-0.39, 0.29) is 0 Å². The summed E-state index contributed by atoms with van der Waals surface area (Å²) in [6.45, 7) is 0.679. The van der Waals surface area contributed by atoms with E-state index >= 15 is 0 Å². The normalized spacial score (nSPS) is 11.0. The minimum Gasteiger partial charge on any atom is -0.371 e. The van der Waals surface area contributed by atoms with E-state index in [0.29, 0.717) is 6.54 Å². The number of rotatable bonds is 4. The van der Waals surface area contributed by atoms with Crippen LogP contribution in [0, 0.1) is 0 Å². The van der Waals surface area contributed by atoms with Crippen LogP contribution in [0.15, 0.2) is 54.7 Å². The molecule has 2 heterocycles. The number of aromatic nitrogens is 5. The van der Waals surface area contributed by atoms with Gasteiger partial charge in [0.1, 0.15) is 5.69 Å². The quantitative estimate of drug-likeness (QED) is 0.608. The highest BCUT2D eigenvalue weighted by atomic mass is 15.5. The number of H-pyrrole nitrogens is 1. The molecule has 2 N–H and O–H groups in total. The van der Waals surface area contributed by atoms with Crippen LogP contribution in [-0.4, -0.2) is 32.2 Å². The van der Waals surface area contributed by atoms with E-state index in [1.165, 1.54) is 5.56 Å². The Balaban J connectivity index is 1.74. The second-order valence-corrected chi connectivity index (χ2v) is 5.35. The molecule has 0 saturated carbocycles. The third kappa shape index (κ3) is 2.44. The summed E-state index contributed by atoms with van der Waals surface area (Å²) in [7, 11) is 1.89. The van der Waals surface area contributed by atoms with Gasteiger partial charge in [0.05, 0.1) is 18.3 Å². The third-order valence-corrected chi connectivity index (χ3v) is 3.86. The number of hydrogen-bond donors (Lipinski definition) is 2. The van der Waals surface area contributed by atoms with E-state index in [1.54, 1.807) is 0 Å². The second kappa shape index (κ2) is 5.57. The molecule has 6 nitrogen and oxygen atoms in total. The molecule has 0 amide bonds. The summed E-state index contributed by atoms with van der Waals surface area (Å²) in [5, 5.41) is 20.0. The summed E-state index contributed by atoms with van der Waals surface area (Å²) in [6, 6.07) is 16.3. The van der Waals surface area contributed by atoms with Gasteiger partial charge in [-0.05, 0) is 17.7 Å². The van der Waals surface area contributed by atoms with Crippen molar-refractivity contribution in [1.29, 1.82) is 0 Å². The largest absolute Gasteiger partial charge is 0.371 e. The van der Waals surface area contributed by atoms with Gasteiger partial charge >= 0.3 is 0 Å². The first kappa shape index (κ1) is 13.5. The van der Waals surface area contributed by atoms with Crippen LogP contribution in [0.4, 0.5) is 5.82 Å². The number of aromatic amines is 1. The molecule has 4 aromatic rings. The Morgan fingerprint density at radius 1 is 1.13 bits per heavy atom. The first-order chi connectivity index (χ1) is 11.3. The summed E-state index contributed by atoms with van der Waals surface area (Å²) in [6.07, 6.45) is 1.81. The lowest BCUT2D eigenvalue weighted by Gasteiger charge is -2.07. The zero-order valence-corrected chi connectivity index (χ0v) is 12.7. The molecule has 2 aromatic heterocycles. The molecule has 0 saturated heterocycles. The van der Waals surface area contributed by atoms with Crippen molar-refractivity contribution in [3.63, 3.8) is 0 Å². The summed E-state index contributed by atoms with van der Waals surface area (Å²) < 4.78 is 1.88. The maximum Gasteiger partial charge on any atom is 0.153 e. The highest BCUT2D eigenvalue weighted by Crippen LogP contribution is 2.28. The van der Waals surface area contributed by atoms with Gasteiger partial charge < -0.3 is 5.32 Å². The molecule has 6 heteroatoms. The molecule has 4 rings (SSSR count). The van der Waals surface area contributed by atoms with Gasteiger partial charge in [-0.2, -0.15) is 5.10 Å². The Morgan fingerprint density at radius 2 is 2.00 bits per heavy atom. The Hall–Kier alpha value is -3.15. The maximum absolute atomic E-state index is 4.36. The van der Waals surface area contributed by atoms with Crippen LogP contribution in [0.1, 0.15) is 5.56 Å². The Bertz CT molecular complexity index is 938. The number of benzene rings is 2. The lowest BCUT2D eigenvalue weighted by atomic mass is 10.1. The molecule has 0 aliphatic rings. The van der Waals surface area contributed by atoms with Crippen molar-refractivity contribution in [3.05, 3.63) is 60.3 Å². The summed E-state index contributed by atoms with van der Waals surface area (Å²) in [5.41, 5.74) is 4.05. The SMILES string of the molecule is CNc1c(-c2ccc3[nH]ncc3c2)nnn1Cc1ccccc1. The number of hydrogen-bond acceptors (Lipinski definition) is 4. The van der Waals surface area contributed by atoms with Crippen molar-refractivity contribution < 1.29 is 0 Å². The zero-order valence-electron chi connectivity index (χ0n) is 12.7. The van der Waals surface area contributed by atoms with Crippen molar-refractivity contribution >= 4 is 16.7 Å². The second-order valence-electron chi connectivity index (χ2n) is 5.35. The first-order valence-electron chi connectivity index (χ1n) is 7.44. The van der Waals surface area contributed by atoms with Crippen LogP contribution < -0.4 is 5.32 Å². The zero-order chi connectivity index (χ0) is 15.6. The summed E-state index contributed by atoms with van der Waals surface area (Å²) in [5.74, 6) is 0.900. The maximum atomic E-state index is 4.36. The summed E-state index contributed by atoms with van der Waals surface area (Å²) >= 11 is 0.